The summed E-state index contributed by atoms with van der Waals surface area (Å²) in [5, 5.41) is 2.49. The smallest absolute Gasteiger partial charge is 0.253 e. The van der Waals surface area contributed by atoms with Gasteiger partial charge in [-0.2, -0.15) is 4.31 Å². The Morgan fingerprint density at radius 1 is 1.17 bits per heavy atom. The van der Waals surface area contributed by atoms with Crippen molar-refractivity contribution in [1.82, 2.24) is 9.29 Å². The predicted octanol–water partition coefficient (Wildman–Crippen LogP) is 4.84. The number of anilines is 1. The van der Waals surface area contributed by atoms with Gasteiger partial charge in [0.1, 0.15) is 15.3 Å². The zero-order chi connectivity index (χ0) is 24.7. The number of sulfonamides is 1. The van der Waals surface area contributed by atoms with Gasteiger partial charge in [0.15, 0.2) is 0 Å². The van der Waals surface area contributed by atoms with Gasteiger partial charge in [-0.15, -0.1) is 29.3 Å². The fourth-order valence-corrected chi connectivity index (χ4v) is 7.81. The first-order valence-corrected chi connectivity index (χ1v) is 13.9. The van der Waals surface area contributed by atoms with Gasteiger partial charge in [-0.1, -0.05) is 18.2 Å². The summed E-state index contributed by atoms with van der Waals surface area (Å²) in [5.41, 5.74) is 3.35. The Morgan fingerprint density at radius 2 is 1.94 bits per heavy atom. The van der Waals surface area contributed by atoms with Crippen LogP contribution < -0.4 is 4.90 Å². The molecule has 0 saturated carbocycles. The molecular formula is C25H21N3O4S3. The molecule has 0 spiro atoms. The number of rotatable bonds is 7. The number of benzene rings is 2. The molecule has 0 N–H and O–H groups in total. The van der Waals surface area contributed by atoms with Gasteiger partial charge in [-0.3, -0.25) is 9.59 Å². The number of hydrogen-bond donors (Lipinski definition) is 0. The van der Waals surface area contributed by atoms with E-state index in [4.69, 9.17) is 0 Å². The van der Waals surface area contributed by atoms with Gasteiger partial charge < -0.3 is 0 Å². The van der Waals surface area contributed by atoms with Crippen molar-refractivity contribution < 1.29 is 18.0 Å². The molecule has 4 aromatic rings. The van der Waals surface area contributed by atoms with Crippen LogP contribution in [0.15, 0.2) is 76.8 Å². The second-order valence-electron chi connectivity index (χ2n) is 8.12. The molecule has 1 aliphatic rings. The van der Waals surface area contributed by atoms with Gasteiger partial charge in [0, 0.05) is 12.1 Å². The topological polar surface area (TPSA) is 87.7 Å². The molecule has 2 aromatic carbocycles. The maximum atomic E-state index is 13.3. The number of carbonyl (C=O) groups excluding carboxylic acids is 2. The second-order valence-corrected chi connectivity index (χ2v) is 12.2. The number of nitrogens with zero attached hydrogens (tertiary/aromatic N) is 3. The van der Waals surface area contributed by atoms with E-state index in [1.807, 2.05) is 31.2 Å². The third-order valence-electron chi connectivity index (χ3n) is 5.75. The Morgan fingerprint density at radius 3 is 2.63 bits per heavy atom. The van der Waals surface area contributed by atoms with Crippen molar-refractivity contribution in [3.63, 3.8) is 0 Å². The van der Waals surface area contributed by atoms with Crippen LogP contribution >= 0.6 is 22.7 Å². The largest absolute Gasteiger partial charge is 0.274 e. The number of aromatic nitrogens is 1. The normalized spacial score (nSPS) is 16.5. The second kappa shape index (κ2) is 9.12. The lowest BCUT2D eigenvalue weighted by Gasteiger charge is -2.25. The van der Waals surface area contributed by atoms with E-state index < -0.39 is 27.9 Å². The maximum absolute atomic E-state index is 13.3. The molecule has 7 nitrogen and oxygen atoms in total. The van der Waals surface area contributed by atoms with Gasteiger partial charge in [-0.05, 0) is 60.3 Å². The molecule has 0 aliphatic carbocycles. The molecule has 1 unspecified atom stereocenters. The summed E-state index contributed by atoms with van der Waals surface area (Å²) in [6.07, 6.45) is 1.19. The summed E-state index contributed by atoms with van der Waals surface area (Å²) in [6, 6.07) is 15.1. The molecule has 1 saturated heterocycles. The van der Waals surface area contributed by atoms with Gasteiger partial charge in [0.25, 0.3) is 15.9 Å². The first kappa shape index (κ1) is 23.6. The van der Waals surface area contributed by atoms with E-state index in [0.717, 1.165) is 46.9 Å². The third-order valence-corrected chi connectivity index (χ3v) is 10.1. The maximum Gasteiger partial charge on any atom is 0.253 e. The van der Waals surface area contributed by atoms with Crippen molar-refractivity contribution >= 4 is 60.4 Å². The monoisotopic (exact) mass is 523 g/mol. The fraction of sp³-hybridized carbons (Fsp3) is 0.160. The molecule has 2 amide bonds. The number of aryl methyl sites for hydroxylation is 1. The molecule has 2 aromatic heterocycles. The minimum Gasteiger partial charge on any atom is -0.274 e. The van der Waals surface area contributed by atoms with Crippen LogP contribution in [0.5, 0.6) is 0 Å². The van der Waals surface area contributed by atoms with E-state index in [-0.39, 0.29) is 17.2 Å². The Kier molecular flexibility index (Phi) is 6.14. The molecule has 0 bridgehead atoms. The minimum absolute atomic E-state index is 0.0756. The highest BCUT2D eigenvalue weighted by Gasteiger charge is 2.46. The summed E-state index contributed by atoms with van der Waals surface area (Å²) >= 11 is 2.64. The Bertz CT molecular complexity index is 1540. The van der Waals surface area contributed by atoms with Gasteiger partial charge in [0.05, 0.1) is 22.3 Å². The third kappa shape index (κ3) is 4.23. The summed E-state index contributed by atoms with van der Waals surface area (Å²) < 4.78 is 28.6. The molecule has 178 valence electrons. The van der Waals surface area contributed by atoms with Crippen molar-refractivity contribution in [3.05, 3.63) is 78.2 Å². The van der Waals surface area contributed by atoms with Crippen LogP contribution in [0.3, 0.4) is 0 Å². The van der Waals surface area contributed by atoms with Crippen molar-refractivity contribution in [2.45, 2.75) is 23.6 Å². The van der Waals surface area contributed by atoms with E-state index in [0.29, 0.717) is 5.69 Å². The fourth-order valence-electron chi connectivity index (χ4n) is 4.07. The predicted molar refractivity (Wildman–Crippen MR) is 139 cm³/mol. The lowest BCUT2D eigenvalue weighted by atomic mass is 10.2. The van der Waals surface area contributed by atoms with Crippen molar-refractivity contribution in [2.24, 2.45) is 0 Å². The number of thiophene rings is 1. The van der Waals surface area contributed by atoms with Crippen LogP contribution in [0, 0.1) is 6.92 Å². The van der Waals surface area contributed by atoms with Crippen LogP contribution in [0.1, 0.15) is 12.0 Å². The molecular weight excluding hydrogens is 502 g/mol. The molecule has 3 heterocycles. The van der Waals surface area contributed by atoms with Gasteiger partial charge in [-0.25, -0.2) is 18.3 Å². The average molecular weight is 524 g/mol. The summed E-state index contributed by atoms with van der Waals surface area (Å²) in [6.45, 7) is 5.59. The quantitative estimate of drug-likeness (QED) is 0.255. The van der Waals surface area contributed by atoms with Gasteiger partial charge in [0.2, 0.25) is 5.91 Å². The lowest BCUT2D eigenvalue weighted by molar-refractivity contribution is -0.122. The van der Waals surface area contributed by atoms with Gasteiger partial charge >= 0.3 is 0 Å². The first-order valence-electron chi connectivity index (χ1n) is 10.8. The Hall–Kier alpha value is -3.18. The zero-order valence-electron chi connectivity index (χ0n) is 18.7. The standard InChI is InChI=1S/C25H21N3O4S3/c1-3-12-27(35(31,32)23-5-4-13-33-23)20-15-22(29)28(25(20)30)18-9-7-17(8-10-18)24-26-19-11-6-16(2)14-21(19)34-24/h3-11,13-14,20H,1,12,15H2,2H3. The SMILES string of the molecule is C=CCN(C1CC(=O)N(c2ccc(-c3nc4ccc(C)cc4s3)cc2)C1=O)S(=O)(=O)c1cccs1. The molecule has 1 aliphatic heterocycles. The van der Waals surface area contributed by atoms with Crippen molar-refractivity contribution in [1.29, 1.82) is 0 Å². The first-order chi connectivity index (χ1) is 16.8. The highest BCUT2D eigenvalue weighted by molar-refractivity contribution is 7.91. The minimum atomic E-state index is -3.95. The van der Waals surface area contributed by atoms with Crippen molar-refractivity contribution in [3.8, 4) is 10.6 Å². The lowest BCUT2D eigenvalue weighted by Crippen LogP contribution is -2.45. The van der Waals surface area contributed by atoms with E-state index in [9.17, 15) is 18.0 Å². The van der Waals surface area contributed by atoms with Crippen LogP contribution in [-0.4, -0.2) is 42.1 Å². The highest BCUT2D eigenvalue weighted by atomic mass is 32.2. The number of carbonyl (C=O) groups is 2. The molecule has 5 rings (SSSR count). The van der Waals surface area contributed by atoms with Crippen LogP contribution in [0.25, 0.3) is 20.8 Å². The Balaban J connectivity index is 1.42. The van der Waals surface area contributed by atoms with Crippen LogP contribution in [0.2, 0.25) is 0 Å². The number of imide groups is 1. The number of fused-ring (bicyclic) bond motifs is 1. The van der Waals surface area contributed by atoms with E-state index >= 15 is 0 Å². The zero-order valence-corrected chi connectivity index (χ0v) is 21.2. The number of thiazole rings is 1. The summed E-state index contributed by atoms with van der Waals surface area (Å²) in [4.78, 5) is 31.9. The summed E-state index contributed by atoms with van der Waals surface area (Å²) in [5.74, 6) is -1.01. The summed E-state index contributed by atoms with van der Waals surface area (Å²) in [7, 11) is -3.95. The van der Waals surface area contributed by atoms with Crippen LogP contribution in [0.4, 0.5) is 5.69 Å². The molecule has 10 heteroatoms. The van der Waals surface area contributed by atoms with Crippen molar-refractivity contribution in [2.75, 3.05) is 11.4 Å². The highest BCUT2D eigenvalue weighted by Crippen LogP contribution is 2.34. The Labute approximate surface area is 211 Å². The number of hydrogen-bond acceptors (Lipinski definition) is 7. The molecule has 0 radical (unpaired) electrons. The van der Waals surface area contributed by atoms with E-state index in [2.05, 4.69) is 17.6 Å². The molecule has 35 heavy (non-hydrogen) atoms. The average Bonchev–Trinajstić information content (AvgIpc) is 3.57. The van der Waals surface area contributed by atoms with E-state index in [1.54, 1.807) is 34.9 Å². The van der Waals surface area contributed by atoms with Crippen LogP contribution in [-0.2, 0) is 19.6 Å². The molecule has 1 atom stereocenters. The number of amides is 2. The van der Waals surface area contributed by atoms with E-state index in [1.165, 1.54) is 12.1 Å². The molecule has 1 fully saturated rings.